The summed E-state index contributed by atoms with van der Waals surface area (Å²) in [6, 6.07) is 0. The van der Waals surface area contributed by atoms with E-state index in [2.05, 4.69) is 4.74 Å². The van der Waals surface area contributed by atoms with Crippen molar-refractivity contribution in [1.29, 1.82) is 0 Å². The highest BCUT2D eigenvalue weighted by Crippen LogP contribution is 2.10. The summed E-state index contributed by atoms with van der Waals surface area (Å²) in [5.74, 6) is -2.44. The maximum Gasteiger partial charge on any atom is 0.368 e. The minimum Gasteiger partial charge on any atom is -0.464 e. The number of rotatable bonds is 2. The van der Waals surface area contributed by atoms with Gasteiger partial charge in [-0.25, -0.2) is 4.79 Å². The first-order chi connectivity index (χ1) is 4.63. The predicted molar refractivity (Wildman–Crippen MR) is 33.1 cm³/mol. The number of methoxy groups -OCH3 is 1. The van der Waals surface area contributed by atoms with Crippen LogP contribution in [0, 0.1) is 0 Å². The Morgan fingerprint density at radius 1 is 1.80 bits per heavy atom. The molecule has 0 amide bonds. The summed E-state index contributed by atoms with van der Waals surface area (Å²) < 4.78 is 16.3. The van der Waals surface area contributed by atoms with Gasteiger partial charge < -0.3 is 9.84 Å². The van der Waals surface area contributed by atoms with Gasteiger partial charge in [-0.1, -0.05) is 11.6 Å². The van der Waals surface area contributed by atoms with Crippen molar-refractivity contribution in [2.45, 2.75) is 0 Å². The van der Waals surface area contributed by atoms with Crippen LogP contribution < -0.4 is 0 Å². The lowest BCUT2D eigenvalue weighted by atomic mass is 10.5. The van der Waals surface area contributed by atoms with Crippen molar-refractivity contribution >= 4 is 17.6 Å². The fourth-order valence-corrected chi connectivity index (χ4v) is 0.347. The van der Waals surface area contributed by atoms with E-state index in [-0.39, 0.29) is 0 Å². The van der Waals surface area contributed by atoms with Gasteiger partial charge in [-0.3, -0.25) is 0 Å². The Bertz CT molecular complexity index is 166. The van der Waals surface area contributed by atoms with Gasteiger partial charge in [-0.2, -0.15) is 4.39 Å². The van der Waals surface area contributed by atoms with Crippen LogP contribution in [0.15, 0.2) is 10.9 Å². The molecule has 0 heterocycles. The maximum atomic E-state index is 12.3. The molecule has 0 aromatic rings. The largest absolute Gasteiger partial charge is 0.464 e. The molecule has 0 spiro atoms. The van der Waals surface area contributed by atoms with Crippen molar-refractivity contribution < 1.29 is 19.0 Å². The molecule has 58 valence electrons. The van der Waals surface area contributed by atoms with E-state index in [0.717, 1.165) is 7.11 Å². The SMILES string of the molecule is COC(=O)/C(F)=C(/Cl)CO. The van der Waals surface area contributed by atoms with E-state index in [9.17, 15) is 9.18 Å². The Balaban J connectivity index is 4.30. The van der Waals surface area contributed by atoms with Crippen LogP contribution in [0.5, 0.6) is 0 Å². The fraction of sp³-hybridized carbons (Fsp3) is 0.400. The molecule has 0 aliphatic carbocycles. The van der Waals surface area contributed by atoms with Crippen molar-refractivity contribution in [3.05, 3.63) is 10.9 Å². The molecule has 0 radical (unpaired) electrons. The van der Waals surface area contributed by atoms with Gasteiger partial charge in [0.1, 0.15) is 0 Å². The minimum absolute atomic E-state index is 0.549. The van der Waals surface area contributed by atoms with Crippen molar-refractivity contribution in [3.8, 4) is 0 Å². The average molecular weight is 169 g/mol. The van der Waals surface area contributed by atoms with Crippen molar-refractivity contribution in [2.75, 3.05) is 13.7 Å². The first-order valence-corrected chi connectivity index (χ1v) is 2.74. The van der Waals surface area contributed by atoms with Gasteiger partial charge in [0.05, 0.1) is 18.7 Å². The van der Waals surface area contributed by atoms with Crippen LogP contribution in [0.2, 0.25) is 0 Å². The smallest absolute Gasteiger partial charge is 0.368 e. The van der Waals surface area contributed by atoms with E-state index < -0.39 is 23.4 Å². The summed E-state index contributed by atoms with van der Waals surface area (Å²) >= 11 is 5.04. The molecule has 0 aromatic carbocycles. The Hall–Kier alpha value is -0.610. The highest BCUT2D eigenvalue weighted by molar-refractivity contribution is 6.31. The zero-order chi connectivity index (χ0) is 8.15. The lowest BCUT2D eigenvalue weighted by Gasteiger charge is -1.95. The molecule has 3 nitrogen and oxygen atoms in total. The maximum absolute atomic E-state index is 12.3. The number of esters is 1. The summed E-state index contributed by atoms with van der Waals surface area (Å²) in [5.41, 5.74) is 0. The van der Waals surface area contributed by atoms with Crippen molar-refractivity contribution in [1.82, 2.24) is 0 Å². The topological polar surface area (TPSA) is 46.5 Å². The van der Waals surface area contributed by atoms with Crippen LogP contribution >= 0.6 is 11.6 Å². The molecule has 1 N–H and O–H groups in total. The zero-order valence-corrected chi connectivity index (χ0v) is 5.98. The van der Waals surface area contributed by atoms with Gasteiger partial charge >= 0.3 is 5.97 Å². The van der Waals surface area contributed by atoms with Crippen LogP contribution in [0.4, 0.5) is 4.39 Å². The number of carbonyl (C=O) groups excluding carboxylic acids is 1. The third-order valence-electron chi connectivity index (χ3n) is 0.742. The quantitative estimate of drug-likeness (QED) is 0.485. The minimum atomic E-state index is -1.26. The lowest BCUT2D eigenvalue weighted by Crippen LogP contribution is -2.03. The molecule has 0 unspecified atom stereocenters. The summed E-state index contributed by atoms with van der Waals surface area (Å²) in [6.45, 7) is -0.706. The molecule has 5 heteroatoms. The van der Waals surface area contributed by atoms with Gasteiger partial charge in [0, 0.05) is 0 Å². The molecule has 0 fully saturated rings. The highest BCUT2D eigenvalue weighted by Gasteiger charge is 2.12. The van der Waals surface area contributed by atoms with Gasteiger partial charge in [0.2, 0.25) is 5.83 Å². The Kier molecular flexibility index (Phi) is 3.99. The van der Waals surface area contributed by atoms with Crippen LogP contribution in [-0.4, -0.2) is 24.8 Å². The number of carbonyl (C=O) groups is 1. The Morgan fingerprint density at radius 3 is 2.60 bits per heavy atom. The highest BCUT2D eigenvalue weighted by atomic mass is 35.5. The van der Waals surface area contributed by atoms with E-state index in [0.29, 0.717) is 0 Å². The van der Waals surface area contributed by atoms with E-state index in [1.54, 1.807) is 0 Å². The molecule has 0 aromatic heterocycles. The number of aliphatic hydroxyl groups is 1. The zero-order valence-electron chi connectivity index (χ0n) is 5.23. The molecule has 0 saturated heterocycles. The molecule has 0 atom stereocenters. The molecular weight excluding hydrogens is 163 g/mol. The number of ether oxygens (including phenoxy) is 1. The summed E-state index contributed by atoms with van der Waals surface area (Å²) in [5, 5.41) is 7.66. The van der Waals surface area contributed by atoms with E-state index in [4.69, 9.17) is 16.7 Å². The van der Waals surface area contributed by atoms with Gasteiger partial charge in [0.25, 0.3) is 0 Å². The third-order valence-corrected chi connectivity index (χ3v) is 1.03. The van der Waals surface area contributed by atoms with Crippen LogP contribution in [-0.2, 0) is 9.53 Å². The second kappa shape index (κ2) is 4.24. The fourth-order valence-electron chi connectivity index (χ4n) is 0.270. The molecule has 0 saturated carbocycles. The number of hydrogen-bond donors (Lipinski definition) is 1. The van der Waals surface area contributed by atoms with Gasteiger partial charge in [0.15, 0.2) is 0 Å². The van der Waals surface area contributed by atoms with Crippen molar-refractivity contribution in [2.24, 2.45) is 0 Å². The Morgan fingerprint density at radius 2 is 2.30 bits per heavy atom. The summed E-state index contributed by atoms with van der Waals surface area (Å²) in [6.07, 6.45) is 0. The van der Waals surface area contributed by atoms with Gasteiger partial charge in [-0.05, 0) is 0 Å². The first-order valence-electron chi connectivity index (χ1n) is 2.36. The van der Waals surface area contributed by atoms with Crippen LogP contribution in [0.1, 0.15) is 0 Å². The molecule has 0 aliphatic rings. The third kappa shape index (κ3) is 2.33. The first kappa shape index (κ1) is 9.39. The standard InChI is InChI=1S/C5H6ClFO3/c1-10-5(9)4(7)3(6)2-8/h8H,2H2,1H3/b4-3-. The number of halogens is 2. The second-order valence-corrected chi connectivity index (χ2v) is 1.82. The predicted octanol–water partition coefficient (Wildman–Crippen LogP) is 0.572. The molecular formula is C5H6ClFO3. The molecule has 0 rings (SSSR count). The average Bonchev–Trinajstić information content (AvgIpc) is 2.00. The van der Waals surface area contributed by atoms with Gasteiger partial charge in [-0.15, -0.1) is 0 Å². The van der Waals surface area contributed by atoms with Crippen LogP contribution in [0.3, 0.4) is 0 Å². The second-order valence-electron chi connectivity index (χ2n) is 1.37. The normalized spacial score (nSPS) is 12.4. The molecule has 0 bridgehead atoms. The lowest BCUT2D eigenvalue weighted by molar-refractivity contribution is -0.137. The van der Waals surface area contributed by atoms with Crippen LogP contribution in [0.25, 0.3) is 0 Å². The van der Waals surface area contributed by atoms with E-state index in [1.165, 1.54) is 0 Å². The van der Waals surface area contributed by atoms with Crippen molar-refractivity contribution in [3.63, 3.8) is 0 Å². The number of aliphatic hydroxyl groups excluding tert-OH is 1. The molecule has 0 aliphatic heterocycles. The Labute approximate surface area is 62.0 Å². The van der Waals surface area contributed by atoms with E-state index in [1.807, 2.05) is 0 Å². The molecule has 10 heavy (non-hydrogen) atoms. The monoisotopic (exact) mass is 168 g/mol. The summed E-state index contributed by atoms with van der Waals surface area (Å²) in [7, 11) is 1.02. The van der Waals surface area contributed by atoms with E-state index >= 15 is 0 Å². The number of hydrogen-bond acceptors (Lipinski definition) is 3. The summed E-state index contributed by atoms with van der Waals surface area (Å²) in [4.78, 5) is 10.3.